The number of benzene rings is 1. The SMILES string of the molecule is C/C=C(\C)c1csc(Nc2ccc(C(=O)O)cc2)n1. The fourth-order valence-electron chi connectivity index (χ4n) is 1.48. The number of aromatic carboxylic acids is 1. The summed E-state index contributed by atoms with van der Waals surface area (Å²) in [5, 5.41) is 14.8. The second-order valence-electron chi connectivity index (χ2n) is 4.02. The fourth-order valence-corrected chi connectivity index (χ4v) is 2.27. The molecule has 0 atom stereocenters. The summed E-state index contributed by atoms with van der Waals surface area (Å²) in [5.41, 5.74) is 3.18. The number of aromatic nitrogens is 1. The summed E-state index contributed by atoms with van der Waals surface area (Å²) in [7, 11) is 0. The largest absolute Gasteiger partial charge is 0.478 e. The first kappa shape index (κ1) is 13.3. The van der Waals surface area contributed by atoms with E-state index in [1.54, 1.807) is 24.3 Å². The second kappa shape index (κ2) is 5.67. The Bertz CT molecular complexity index is 615. The summed E-state index contributed by atoms with van der Waals surface area (Å²) in [6, 6.07) is 6.59. The van der Waals surface area contributed by atoms with Crippen LogP contribution in [0.3, 0.4) is 0 Å². The number of anilines is 2. The predicted octanol–water partition coefficient (Wildman–Crippen LogP) is 4.01. The zero-order valence-corrected chi connectivity index (χ0v) is 11.5. The van der Waals surface area contributed by atoms with E-state index in [0.717, 1.165) is 22.1 Å². The third-order valence-corrected chi connectivity index (χ3v) is 3.48. The van der Waals surface area contributed by atoms with Gasteiger partial charge in [0.1, 0.15) is 0 Å². The Kier molecular flexibility index (Phi) is 3.97. The van der Waals surface area contributed by atoms with Gasteiger partial charge in [-0.25, -0.2) is 9.78 Å². The van der Waals surface area contributed by atoms with Gasteiger partial charge in [-0.2, -0.15) is 0 Å². The van der Waals surface area contributed by atoms with Crippen LogP contribution in [0.5, 0.6) is 0 Å². The minimum atomic E-state index is -0.924. The normalized spacial score (nSPS) is 11.4. The van der Waals surface area contributed by atoms with E-state index in [9.17, 15) is 4.79 Å². The van der Waals surface area contributed by atoms with Gasteiger partial charge in [0.2, 0.25) is 0 Å². The molecule has 19 heavy (non-hydrogen) atoms. The number of carboxylic acid groups (broad SMARTS) is 1. The highest BCUT2D eigenvalue weighted by molar-refractivity contribution is 7.13. The van der Waals surface area contributed by atoms with Crippen molar-refractivity contribution in [2.75, 3.05) is 5.32 Å². The summed E-state index contributed by atoms with van der Waals surface area (Å²) in [6.45, 7) is 3.99. The summed E-state index contributed by atoms with van der Waals surface area (Å²) in [5.74, 6) is -0.924. The maximum Gasteiger partial charge on any atom is 0.335 e. The molecule has 0 aliphatic heterocycles. The lowest BCUT2D eigenvalue weighted by molar-refractivity contribution is 0.0697. The molecule has 5 heteroatoms. The van der Waals surface area contributed by atoms with E-state index in [2.05, 4.69) is 10.3 Å². The number of rotatable bonds is 4. The number of nitrogens with zero attached hydrogens (tertiary/aromatic N) is 1. The molecule has 1 aromatic heterocycles. The van der Waals surface area contributed by atoms with Crippen molar-refractivity contribution >= 4 is 33.7 Å². The van der Waals surface area contributed by atoms with Gasteiger partial charge in [-0.3, -0.25) is 0 Å². The number of carbonyl (C=O) groups is 1. The third-order valence-electron chi connectivity index (χ3n) is 2.72. The molecule has 98 valence electrons. The molecule has 0 spiro atoms. The van der Waals surface area contributed by atoms with Crippen LogP contribution >= 0.6 is 11.3 Å². The Labute approximate surface area is 115 Å². The molecule has 0 saturated carbocycles. The fraction of sp³-hybridized carbons (Fsp3) is 0.143. The molecular weight excluding hydrogens is 260 g/mol. The van der Waals surface area contributed by atoms with Crippen LogP contribution in [0.1, 0.15) is 29.9 Å². The lowest BCUT2D eigenvalue weighted by atomic mass is 10.2. The van der Waals surface area contributed by atoms with Crippen LogP contribution in [0.2, 0.25) is 0 Å². The van der Waals surface area contributed by atoms with E-state index in [0.29, 0.717) is 0 Å². The molecular formula is C14H14N2O2S. The second-order valence-corrected chi connectivity index (χ2v) is 4.88. The smallest absolute Gasteiger partial charge is 0.335 e. The molecule has 2 N–H and O–H groups in total. The zero-order chi connectivity index (χ0) is 13.8. The molecule has 0 bridgehead atoms. The molecule has 0 amide bonds. The molecule has 0 saturated heterocycles. The van der Waals surface area contributed by atoms with Crippen LogP contribution in [0, 0.1) is 0 Å². The Morgan fingerprint density at radius 2 is 2.05 bits per heavy atom. The Morgan fingerprint density at radius 3 is 2.63 bits per heavy atom. The third kappa shape index (κ3) is 3.20. The topological polar surface area (TPSA) is 62.2 Å². The quantitative estimate of drug-likeness (QED) is 0.884. The van der Waals surface area contributed by atoms with Crippen molar-refractivity contribution in [3.8, 4) is 0 Å². The van der Waals surface area contributed by atoms with Crippen LogP contribution in [0.15, 0.2) is 35.7 Å². The van der Waals surface area contributed by atoms with E-state index in [-0.39, 0.29) is 5.56 Å². The number of thiazole rings is 1. The molecule has 1 aromatic carbocycles. The Balaban J connectivity index is 2.13. The first-order chi connectivity index (χ1) is 9.10. The Morgan fingerprint density at radius 1 is 1.37 bits per heavy atom. The standard InChI is InChI=1S/C14H14N2O2S/c1-3-9(2)12-8-19-14(16-12)15-11-6-4-10(5-7-11)13(17)18/h3-8H,1-2H3,(H,15,16)(H,17,18)/b9-3+. The summed E-state index contributed by atoms with van der Waals surface area (Å²) in [6.07, 6.45) is 2.01. The van der Waals surface area contributed by atoms with Crippen molar-refractivity contribution in [2.24, 2.45) is 0 Å². The highest BCUT2D eigenvalue weighted by atomic mass is 32.1. The van der Waals surface area contributed by atoms with E-state index in [1.807, 2.05) is 25.3 Å². The number of hydrogen-bond acceptors (Lipinski definition) is 4. The van der Waals surface area contributed by atoms with Gasteiger partial charge >= 0.3 is 5.97 Å². The van der Waals surface area contributed by atoms with E-state index in [4.69, 9.17) is 5.11 Å². The number of allylic oxidation sites excluding steroid dienone is 2. The first-order valence-corrected chi connectivity index (χ1v) is 6.67. The van der Waals surface area contributed by atoms with Gasteiger partial charge in [-0.15, -0.1) is 11.3 Å². The molecule has 2 rings (SSSR count). The number of carboxylic acids is 1. The molecule has 2 aromatic rings. The maximum absolute atomic E-state index is 10.7. The van der Waals surface area contributed by atoms with Crippen molar-refractivity contribution in [3.63, 3.8) is 0 Å². The van der Waals surface area contributed by atoms with Gasteiger partial charge in [0, 0.05) is 11.1 Å². The lowest BCUT2D eigenvalue weighted by Crippen LogP contribution is -1.96. The minimum Gasteiger partial charge on any atom is -0.478 e. The van der Waals surface area contributed by atoms with Gasteiger partial charge in [0.25, 0.3) is 0 Å². The first-order valence-electron chi connectivity index (χ1n) is 5.79. The molecule has 4 nitrogen and oxygen atoms in total. The molecule has 0 fully saturated rings. The van der Waals surface area contributed by atoms with Crippen molar-refractivity contribution < 1.29 is 9.90 Å². The molecule has 0 aliphatic carbocycles. The van der Waals surface area contributed by atoms with Crippen LogP contribution in [-0.4, -0.2) is 16.1 Å². The van der Waals surface area contributed by atoms with Crippen LogP contribution in [0.25, 0.3) is 5.57 Å². The van der Waals surface area contributed by atoms with Crippen molar-refractivity contribution in [2.45, 2.75) is 13.8 Å². The van der Waals surface area contributed by atoms with Gasteiger partial charge in [-0.05, 0) is 43.7 Å². The van der Waals surface area contributed by atoms with Crippen molar-refractivity contribution in [1.29, 1.82) is 0 Å². The number of hydrogen-bond donors (Lipinski definition) is 2. The van der Waals surface area contributed by atoms with Crippen LogP contribution in [0.4, 0.5) is 10.8 Å². The minimum absolute atomic E-state index is 0.273. The highest BCUT2D eigenvalue weighted by Gasteiger charge is 2.05. The summed E-state index contributed by atoms with van der Waals surface area (Å²) >= 11 is 1.52. The predicted molar refractivity (Wildman–Crippen MR) is 78.1 cm³/mol. The van der Waals surface area contributed by atoms with Crippen molar-refractivity contribution in [1.82, 2.24) is 4.98 Å². The monoisotopic (exact) mass is 274 g/mol. The van der Waals surface area contributed by atoms with Gasteiger partial charge in [-0.1, -0.05) is 6.08 Å². The van der Waals surface area contributed by atoms with Gasteiger partial charge in [0.05, 0.1) is 11.3 Å². The lowest BCUT2D eigenvalue weighted by Gasteiger charge is -2.02. The van der Waals surface area contributed by atoms with Gasteiger partial charge < -0.3 is 10.4 Å². The highest BCUT2D eigenvalue weighted by Crippen LogP contribution is 2.24. The van der Waals surface area contributed by atoms with Crippen LogP contribution < -0.4 is 5.32 Å². The van der Waals surface area contributed by atoms with Crippen LogP contribution in [-0.2, 0) is 0 Å². The molecule has 1 heterocycles. The van der Waals surface area contributed by atoms with E-state index >= 15 is 0 Å². The van der Waals surface area contributed by atoms with E-state index < -0.39 is 5.97 Å². The van der Waals surface area contributed by atoms with Crippen molar-refractivity contribution in [3.05, 3.63) is 47.0 Å². The van der Waals surface area contributed by atoms with E-state index in [1.165, 1.54) is 11.3 Å². The molecule has 0 unspecified atom stereocenters. The van der Waals surface area contributed by atoms with Gasteiger partial charge in [0.15, 0.2) is 5.13 Å². The summed E-state index contributed by atoms with van der Waals surface area (Å²) in [4.78, 5) is 15.2. The zero-order valence-electron chi connectivity index (χ0n) is 10.7. The Hall–Kier alpha value is -2.14. The molecule has 0 radical (unpaired) electrons. The maximum atomic E-state index is 10.7. The molecule has 0 aliphatic rings. The average Bonchev–Trinajstić information content (AvgIpc) is 2.87. The summed E-state index contributed by atoms with van der Waals surface area (Å²) < 4.78 is 0. The average molecular weight is 274 g/mol. The number of nitrogens with one attached hydrogen (secondary N) is 1.